The number of nitrogens with one attached hydrogen (secondary N) is 1. The normalized spacial score (nSPS) is 11.1. The molecule has 96 valence electrons. The Morgan fingerprint density at radius 2 is 2.16 bits per heavy atom. The maximum Gasteiger partial charge on any atom is 0.181 e. The van der Waals surface area contributed by atoms with Crippen LogP contribution in [0, 0.1) is 5.82 Å². The molecule has 0 atom stereocenters. The fourth-order valence-corrected chi connectivity index (χ4v) is 2.96. The molecule has 0 aliphatic heterocycles. The molecule has 0 unspecified atom stereocenters. The van der Waals surface area contributed by atoms with Gasteiger partial charge in [-0.05, 0) is 12.1 Å². The SMILES string of the molecule is Fc1cccc(Cl)c1CSc1ncnc2nc[nH]c12. The third kappa shape index (κ3) is 2.41. The van der Waals surface area contributed by atoms with E-state index in [1.165, 1.54) is 24.2 Å². The molecule has 2 aromatic heterocycles. The van der Waals surface area contributed by atoms with Crippen molar-refractivity contribution in [3.05, 3.63) is 47.3 Å². The molecule has 0 aliphatic carbocycles. The first-order valence-corrected chi connectivity index (χ1v) is 6.82. The van der Waals surface area contributed by atoms with Gasteiger partial charge in [-0.2, -0.15) is 0 Å². The predicted octanol–water partition coefficient (Wildman–Crippen LogP) is 3.44. The van der Waals surface area contributed by atoms with E-state index < -0.39 is 0 Å². The smallest absolute Gasteiger partial charge is 0.181 e. The van der Waals surface area contributed by atoms with Crippen molar-refractivity contribution in [2.75, 3.05) is 0 Å². The summed E-state index contributed by atoms with van der Waals surface area (Å²) in [5.41, 5.74) is 1.82. The molecule has 0 bridgehead atoms. The average Bonchev–Trinajstić information content (AvgIpc) is 2.87. The Kier molecular flexibility index (Phi) is 3.35. The van der Waals surface area contributed by atoms with Gasteiger partial charge in [0, 0.05) is 16.3 Å². The van der Waals surface area contributed by atoms with Gasteiger partial charge in [0.1, 0.15) is 22.7 Å². The number of nitrogens with zero attached hydrogens (tertiary/aromatic N) is 3. The highest BCUT2D eigenvalue weighted by atomic mass is 35.5. The molecule has 0 saturated carbocycles. The highest BCUT2D eigenvalue weighted by Gasteiger charge is 2.11. The van der Waals surface area contributed by atoms with Crippen LogP contribution < -0.4 is 0 Å². The summed E-state index contributed by atoms with van der Waals surface area (Å²) in [6, 6.07) is 4.66. The molecule has 0 radical (unpaired) electrons. The number of benzene rings is 1. The Bertz CT molecular complexity index is 710. The van der Waals surface area contributed by atoms with Crippen LogP contribution in [0.1, 0.15) is 5.56 Å². The summed E-state index contributed by atoms with van der Waals surface area (Å²) in [6.07, 6.45) is 2.99. The predicted molar refractivity (Wildman–Crippen MR) is 72.7 cm³/mol. The molecular weight excluding hydrogens is 287 g/mol. The van der Waals surface area contributed by atoms with E-state index in [9.17, 15) is 4.39 Å². The van der Waals surface area contributed by atoms with Gasteiger partial charge in [-0.15, -0.1) is 0 Å². The molecule has 1 aromatic carbocycles. The van der Waals surface area contributed by atoms with Gasteiger partial charge in [0.25, 0.3) is 0 Å². The summed E-state index contributed by atoms with van der Waals surface area (Å²) in [6.45, 7) is 0. The number of hydrogen-bond acceptors (Lipinski definition) is 4. The molecule has 1 N–H and O–H groups in total. The van der Waals surface area contributed by atoms with Gasteiger partial charge >= 0.3 is 0 Å². The standard InChI is InChI=1S/C12H8ClFN4S/c13-8-2-1-3-9(14)7(8)4-19-12-10-11(16-5-15-10)17-6-18-12/h1-3,5-6H,4H2,(H,15,16,17,18). The summed E-state index contributed by atoms with van der Waals surface area (Å²) in [7, 11) is 0. The minimum absolute atomic E-state index is 0.310. The number of thioether (sulfide) groups is 1. The van der Waals surface area contributed by atoms with Crippen molar-refractivity contribution in [2.24, 2.45) is 0 Å². The Morgan fingerprint density at radius 3 is 3.00 bits per heavy atom. The van der Waals surface area contributed by atoms with Gasteiger partial charge in [0.15, 0.2) is 5.65 Å². The number of hydrogen-bond donors (Lipinski definition) is 1. The Morgan fingerprint density at radius 1 is 1.26 bits per heavy atom. The number of aromatic amines is 1. The summed E-state index contributed by atoms with van der Waals surface area (Å²) >= 11 is 7.38. The number of aromatic nitrogens is 4. The molecular formula is C12H8ClFN4S. The van der Waals surface area contributed by atoms with E-state index in [1.807, 2.05) is 0 Å². The van der Waals surface area contributed by atoms with Crippen LogP contribution in [0.25, 0.3) is 11.2 Å². The molecule has 2 heterocycles. The maximum atomic E-state index is 13.7. The number of fused-ring (bicyclic) bond motifs is 1. The van der Waals surface area contributed by atoms with Crippen molar-refractivity contribution >= 4 is 34.5 Å². The monoisotopic (exact) mass is 294 g/mol. The molecule has 19 heavy (non-hydrogen) atoms. The molecule has 4 nitrogen and oxygen atoms in total. The van der Waals surface area contributed by atoms with Crippen molar-refractivity contribution in [3.63, 3.8) is 0 Å². The van der Waals surface area contributed by atoms with Gasteiger partial charge in [-0.1, -0.05) is 29.4 Å². The fourth-order valence-electron chi connectivity index (χ4n) is 1.66. The quantitative estimate of drug-likeness (QED) is 0.594. The lowest BCUT2D eigenvalue weighted by molar-refractivity contribution is 0.617. The van der Waals surface area contributed by atoms with Crippen LogP contribution in [0.4, 0.5) is 4.39 Å². The van der Waals surface area contributed by atoms with Gasteiger partial charge in [0.05, 0.1) is 6.33 Å². The van der Waals surface area contributed by atoms with E-state index in [0.29, 0.717) is 22.0 Å². The van der Waals surface area contributed by atoms with Crippen LogP contribution in [-0.2, 0) is 5.75 Å². The van der Waals surface area contributed by atoms with E-state index in [4.69, 9.17) is 11.6 Å². The zero-order valence-electron chi connectivity index (χ0n) is 9.60. The van der Waals surface area contributed by atoms with Gasteiger partial charge in [-0.25, -0.2) is 19.3 Å². The fraction of sp³-hybridized carbons (Fsp3) is 0.0833. The minimum atomic E-state index is -0.310. The molecule has 0 amide bonds. The maximum absolute atomic E-state index is 13.7. The zero-order chi connectivity index (χ0) is 13.2. The van der Waals surface area contributed by atoms with E-state index in [1.54, 1.807) is 18.5 Å². The highest BCUT2D eigenvalue weighted by molar-refractivity contribution is 7.98. The van der Waals surface area contributed by atoms with E-state index in [2.05, 4.69) is 19.9 Å². The van der Waals surface area contributed by atoms with Crippen LogP contribution in [0.5, 0.6) is 0 Å². The molecule has 3 aromatic rings. The van der Waals surface area contributed by atoms with E-state index in [0.717, 1.165) is 10.5 Å². The van der Waals surface area contributed by atoms with Crippen molar-refractivity contribution in [1.82, 2.24) is 19.9 Å². The van der Waals surface area contributed by atoms with Crippen LogP contribution in [0.2, 0.25) is 5.02 Å². The molecule has 7 heteroatoms. The van der Waals surface area contributed by atoms with Crippen molar-refractivity contribution < 1.29 is 4.39 Å². The van der Waals surface area contributed by atoms with E-state index in [-0.39, 0.29) is 5.82 Å². The summed E-state index contributed by atoms with van der Waals surface area (Å²) < 4.78 is 13.7. The third-order valence-corrected chi connectivity index (χ3v) is 3.97. The van der Waals surface area contributed by atoms with E-state index >= 15 is 0 Å². The highest BCUT2D eigenvalue weighted by Crippen LogP contribution is 2.29. The van der Waals surface area contributed by atoms with Crippen LogP contribution in [0.15, 0.2) is 35.9 Å². The topological polar surface area (TPSA) is 54.5 Å². The Balaban J connectivity index is 1.88. The van der Waals surface area contributed by atoms with Crippen LogP contribution in [0.3, 0.4) is 0 Å². The summed E-state index contributed by atoms with van der Waals surface area (Å²) in [5, 5.41) is 1.14. The lowest BCUT2D eigenvalue weighted by Gasteiger charge is -2.05. The minimum Gasteiger partial charge on any atom is -0.341 e. The molecule has 0 spiro atoms. The Hall–Kier alpha value is -1.66. The first-order valence-electron chi connectivity index (χ1n) is 5.45. The second-order valence-electron chi connectivity index (χ2n) is 3.77. The lowest BCUT2D eigenvalue weighted by atomic mass is 10.2. The molecule has 0 saturated heterocycles. The van der Waals surface area contributed by atoms with Crippen LogP contribution in [-0.4, -0.2) is 19.9 Å². The van der Waals surface area contributed by atoms with Crippen molar-refractivity contribution in [3.8, 4) is 0 Å². The lowest BCUT2D eigenvalue weighted by Crippen LogP contribution is -1.91. The first-order chi connectivity index (χ1) is 9.25. The first kappa shape index (κ1) is 12.4. The zero-order valence-corrected chi connectivity index (χ0v) is 11.2. The summed E-state index contributed by atoms with van der Waals surface area (Å²) in [5.74, 6) is 0.0892. The van der Waals surface area contributed by atoms with Crippen molar-refractivity contribution in [1.29, 1.82) is 0 Å². The second-order valence-corrected chi connectivity index (χ2v) is 5.14. The molecule has 3 rings (SSSR count). The number of H-pyrrole nitrogens is 1. The van der Waals surface area contributed by atoms with Crippen LogP contribution >= 0.6 is 23.4 Å². The Labute approximate surface area is 117 Å². The summed E-state index contributed by atoms with van der Waals surface area (Å²) in [4.78, 5) is 15.2. The number of imidazole rings is 1. The van der Waals surface area contributed by atoms with Gasteiger partial charge in [0.2, 0.25) is 0 Å². The molecule has 0 fully saturated rings. The molecule has 0 aliphatic rings. The van der Waals surface area contributed by atoms with Gasteiger partial charge in [-0.3, -0.25) is 0 Å². The third-order valence-electron chi connectivity index (χ3n) is 2.60. The van der Waals surface area contributed by atoms with Gasteiger partial charge < -0.3 is 4.98 Å². The number of rotatable bonds is 3. The average molecular weight is 295 g/mol. The second kappa shape index (κ2) is 5.14. The number of halogens is 2. The largest absolute Gasteiger partial charge is 0.341 e. The van der Waals surface area contributed by atoms with Crippen molar-refractivity contribution in [2.45, 2.75) is 10.8 Å².